The van der Waals surface area contributed by atoms with Crippen LogP contribution < -0.4 is 14.8 Å². The molecule has 18 heavy (non-hydrogen) atoms. The monoisotopic (exact) mass is 236 g/mol. The number of rotatable bonds is 1. The number of nitrogens with zero attached hydrogens (tertiary/aromatic N) is 3. The van der Waals surface area contributed by atoms with Crippen LogP contribution in [-0.2, 0) is 7.05 Å². The van der Waals surface area contributed by atoms with Gasteiger partial charge in [-0.05, 0) is 36.1 Å². The van der Waals surface area contributed by atoms with E-state index in [2.05, 4.69) is 64.9 Å². The summed E-state index contributed by atoms with van der Waals surface area (Å²) in [4.78, 5) is 6.50. The van der Waals surface area contributed by atoms with Gasteiger partial charge in [-0.25, -0.2) is 4.57 Å². The van der Waals surface area contributed by atoms with Crippen molar-refractivity contribution in [1.29, 1.82) is 0 Å². The van der Waals surface area contributed by atoms with Gasteiger partial charge in [0, 0.05) is 18.5 Å². The minimum Gasteiger partial charge on any atom is -0.293 e. The summed E-state index contributed by atoms with van der Waals surface area (Å²) in [5.41, 5.74) is 2.52. The fraction of sp³-hybridized carbons (Fsp3) is 0.143. The summed E-state index contributed by atoms with van der Waals surface area (Å²) < 4.78 is 2.13. The lowest BCUT2D eigenvalue weighted by Gasteiger charge is -2.23. The summed E-state index contributed by atoms with van der Waals surface area (Å²) in [6, 6.07) is 8.29. The largest absolute Gasteiger partial charge is 0.411 e. The second-order valence-corrected chi connectivity index (χ2v) is 4.57. The van der Waals surface area contributed by atoms with E-state index >= 15 is 0 Å². The predicted octanol–water partition coefficient (Wildman–Crippen LogP) is 1.23. The van der Waals surface area contributed by atoms with Gasteiger partial charge in [-0.2, -0.15) is 0 Å². The molecule has 0 N–H and O–H groups in total. The molecule has 3 rings (SSSR count). The van der Waals surface area contributed by atoms with E-state index in [1.807, 2.05) is 18.5 Å². The van der Waals surface area contributed by atoms with E-state index in [-0.39, 0.29) is 0 Å². The average molecular weight is 236 g/mol. The summed E-state index contributed by atoms with van der Waals surface area (Å²) in [5, 5.41) is 0. The van der Waals surface area contributed by atoms with E-state index in [0.717, 1.165) is 0 Å². The van der Waals surface area contributed by atoms with Crippen LogP contribution in [0, 0.1) is 0 Å². The molecule has 0 fully saturated rings. The highest BCUT2D eigenvalue weighted by Crippen LogP contribution is 2.16. The summed E-state index contributed by atoms with van der Waals surface area (Å²) in [6.07, 6.45) is 10.1. The summed E-state index contributed by atoms with van der Waals surface area (Å²) in [5.74, 6) is 1.18. The lowest BCUT2D eigenvalue weighted by molar-refractivity contribution is -0.658. The molecule has 1 aliphatic rings. The molecule has 0 bridgehead atoms. The molecule has 0 aromatic carbocycles. The molecule has 0 aliphatic carbocycles. The number of aromatic nitrogens is 2. The van der Waals surface area contributed by atoms with E-state index in [9.17, 15) is 0 Å². The normalized spacial score (nSPS) is 13.7. The quantitative estimate of drug-likeness (QED) is 0.548. The van der Waals surface area contributed by atoms with Gasteiger partial charge in [0.1, 0.15) is 0 Å². The molecule has 2 aromatic rings. The standard InChI is InChI=1S/C14H15BN3/c1-15-13-11-16-8-6-12(13)7-10-18(15)14-5-3-4-9-17(14)2/h3-11H,1-2H3/q+1. The Bertz CT molecular complexity index is 609. The van der Waals surface area contributed by atoms with Crippen molar-refractivity contribution in [1.82, 2.24) is 4.98 Å². The van der Waals surface area contributed by atoms with Crippen LogP contribution in [0.2, 0.25) is 6.82 Å². The topological polar surface area (TPSA) is 20.0 Å². The highest BCUT2D eigenvalue weighted by atomic mass is 15.2. The van der Waals surface area contributed by atoms with E-state index in [1.165, 1.54) is 16.8 Å². The Morgan fingerprint density at radius 3 is 3.00 bits per heavy atom. The molecule has 3 heterocycles. The zero-order valence-electron chi connectivity index (χ0n) is 10.6. The van der Waals surface area contributed by atoms with Crippen molar-refractivity contribution >= 4 is 24.2 Å². The van der Waals surface area contributed by atoms with Crippen LogP contribution in [0.15, 0.2) is 49.1 Å². The Morgan fingerprint density at radius 1 is 1.28 bits per heavy atom. The van der Waals surface area contributed by atoms with Crippen molar-refractivity contribution in [3.63, 3.8) is 0 Å². The van der Waals surface area contributed by atoms with Gasteiger partial charge >= 0.3 is 6.85 Å². The van der Waals surface area contributed by atoms with Crippen LogP contribution in [0.4, 0.5) is 5.82 Å². The Balaban J connectivity index is 2.06. The van der Waals surface area contributed by atoms with E-state index in [1.54, 1.807) is 0 Å². The summed E-state index contributed by atoms with van der Waals surface area (Å²) >= 11 is 0. The number of hydrogen-bond acceptors (Lipinski definition) is 2. The second kappa shape index (κ2) is 4.29. The number of fused-ring (bicyclic) bond motifs is 1. The van der Waals surface area contributed by atoms with Gasteiger partial charge in [-0.3, -0.25) is 9.79 Å². The fourth-order valence-corrected chi connectivity index (χ4v) is 2.42. The van der Waals surface area contributed by atoms with Gasteiger partial charge < -0.3 is 0 Å². The lowest BCUT2D eigenvalue weighted by Crippen LogP contribution is -2.51. The Morgan fingerprint density at radius 2 is 2.17 bits per heavy atom. The molecular weight excluding hydrogens is 221 g/mol. The number of anilines is 1. The average Bonchev–Trinajstić information content (AvgIpc) is 2.41. The number of pyridine rings is 2. The summed E-state index contributed by atoms with van der Waals surface area (Å²) in [7, 11) is 2.06. The van der Waals surface area contributed by atoms with Crippen LogP contribution in [-0.4, -0.2) is 11.8 Å². The molecule has 0 saturated carbocycles. The SMILES string of the molecule is CB1c2cnccc2C=CN1c1cccc[n+]1C. The molecule has 0 amide bonds. The van der Waals surface area contributed by atoms with Crippen LogP contribution in [0.5, 0.6) is 0 Å². The maximum absolute atomic E-state index is 4.23. The first-order valence-corrected chi connectivity index (χ1v) is 6.12. The third-order valence-corrected chi connectivity index (χ3v) is 3.46. The maximum Gasteiger partial charge on any atom is 0.411 e. The molecule has 0 atom stereocenters. The fourth-order valence-electron chi connectivity index (χ4n) is 2.42. The van der Waals surface area contributed by atoms with Crippen molar-refractivity contribution in [2.75, 3.05) is 4.81 Å². The summed E-state index contributed by atoms with van der Waals surface area (Å²) in [6.45, 7) is 2.50. The lowest BCUT2D eigenvalue weighted by atomic mass is 9.54. The third-order valence-electron chi connectivity index (χ3n) is 3.46. The molecule has 0 unspecified atom stereocenters. The first kappa shape index (κ1) is 11.0. The smallest absolute Gasteiger partial charge is 0.293 e. The molecule has 2 aromatic heterocycles. The van der Waals surface area contributed by atoms with Gasteiger partial charge in [-0.1, -0.05) is 6.07 Å². The van der Waals surface area contributed by atoms with Crippen LogP contribution in [0.1, 0.15) is 5.56 Å². The van der Waals surface area contributed by atoms with Crippen molar-refractivity contribution in [3.8, 4) is 0 Å². The highest BCUT2D eigenvalue weighted by molar-refractivity contribution is 6.77. The molecule has 0 spiro atoms. The van der Waals surface area contributed by atoms with Gasteiger partial charge in [0.05, 0.1) is 19.4 Å². The highest BCUT2D eigenvalue weighted by Gasteiger charge is 2.33. The minimum absolute atomic E-state index is 0.298. The molecule has 1 aliphatic heterocycles. The molecule has 3 nitrogen and oxygen atoms in total. The van der Waals surface area contributed by atoms with Crippen LogP contribution >= 0.6 is 0 Å². The van der Waals surface area contributed by atoms with E-state index in [0.29, 0.717) is 6.85 Å². The third kappa shape index (κ3) is 1.70. The molecule has 4 heteroatoms. The Kier molecular flexibility index (Phi) is 2.63. The van der Waals surface area contributed by atoms with Gasteiger partial charge in [0.2, 0.25) is 0 Å². The van der Waals surface area contributed by atoms with Crippen LogP contribution in [0.25, 0.3) is 6.08 Å². The first-order chi connectivity index (χ1) is 8.77. The second-order valence-electron chi connectivity index (χ2n) is 4.57. The Hall–Kier alpha value is -2.10. The molecule has 0 radical (unpaired) electrons. The van der Waals surface area contributed by atoms with Crippen molar-refractivity contribution in [2.24, 2.45) is 7.05 Å². The minimum atomic E-state index is 0.298. The van der Waals surface area contributed by atoms with Gasteiger partial charge in [0.15, 0.2) is 0 Å². The van der Waals surface area contributed by atoms with Gasteiger partial charge in [-0.15, -0.1) is 0 Å². The van der Waals surface area contributed by atoms with Crippen molar-refractivity contribution in [3.05, 3.63) is 54.6 Å². The zero-order valence-corrected chi connectivity index (χ0v) is 10.6. The first-order valence-electron chi connectivity index (χ1n) is 6.12. The number of hydrogen-bond donors (Lipinski definition) is 0. The number of aryl methyl sites for hydroxylation is 1. The van der Waals surface area contributed by atoms with Crippen molar-refractivity contribution < 1.29 is 4.57 Å². The van der Waals surface area contributed by atoms with Gasteiger partial charge in [0.25, 0.3) is 5.82 Å². The van der Waals surface area contributed by atoms with E-state index < -0.39 is 0 Å². The molecule has 88 valence electrons. The molecular formula is C14H15BN3+. The Labute approximate surface area is 108 Å². The van der Waals surface area contributed by atoms with Crippen LogP contribution in [0.3, 0.4) is 0 Å². The van der Waals surface area contributed by atoms with Crippen molar-refractivity contribution in [2.45, 2.75) is 6.82 Å². The zero-order chi connectivity index (χ0) is 12.5. The predicted molar refractivity (Wildman–Crippen MR) is 74.6 cm³/mol. The van der Waals surface area contributed by atoms with E-state index in [4.69, 9.17) is 0 Å². The maximum atomic E-state index is 4.23. The molecule has 0 saturated heterocycles.